The van der Waals surface area contributed by atoms with Gasteiger partial charge < -0.3 is 10.7 Å². The summed E-state index contributed by atoms with van der Waals surface area (Å²) in [5.74, 6) is 1.66. The van der Waals surface area contributed by atoms with Crippen LogP contribution < -0.4 is 5.73 Å². The van der Waals surface area contributed by atoms with E-state index in [2.05, 4.69) is 11.9 Å². The van der Waals surface area contributed by atoms with Crippen molar-refractivity contribution in [1.82, 2.24) is 4.98 Å². The van der Waals surface area contributed by atoms with Crippen LogP contribution in [-0.2, 0) is 5.75 Å². The van der Waals surface area contributed by atoms with Gasteiger partial charge in [-0.3, -0.25) is 4.79 Å². The summed E-state index contributed by atoms with van der Waals surface area (Å²) in [5, 5.41) is 1.09. The largest absolute Gasteiger partial charge is 0.366 e. The summed E-state index contributed by atoms with van der Waals surface area (Å²) in [6.07, 6.45) is 1.96. The fraction of sp³-hybridized carbons (Fsp3) is 0.250. The Bertz CT molecular complexity index is 519. The summed E-state index contributed by atoms with van der Waals surface area (Å²) in [5.41, 5.74) is 7.96. The molecule has 4 heteroatoms. The van der Waals surface area contributed by atoms with E-state index in [0.29, 0.717) is 5.56 Å². The average Bonchev–Trinajstić information content (AvgIpc) is 2.69. The van der Waals surface area contributed by atoms with Crippen LogP contribution in [0.5, 0.6) is 0 Å². The van der Waals surface area contributed by atoms with Gasteiger partial charge in [-0.2, -0.15) is 11.8 Å². The number of carbonyl (C=O) groups excluding carboxylic acids is 1. The standard InChI is InChI=1S/C12H14N2OS/c1-2-16-7-8-6-14-11-9(8)4-3-5-10(11)12(13)15/h3-6,14H,2,7H2,1H3,(H2,13,15). The van der Waals surface area contributed by atoms with Crippen molar-refractivity contribution in [1.29, 1.82) is 0 Å². The molecule has 3 N–H and O–H groups in total. The van der Waals surface area contributed by atoms with Crippen molar-refractivity contribution in [2.75, 3.05) is 5.75 Å². The topological polar surface area (TPSA) is 58.9 Å². The van der Waals surface area contributed by atoms with E-state index in [1.807, 2.05) is 30.1 Å². The smallest absolute Gasteiger partial charge is 0.250 e. The van der Waals surface area contributed by atoms with E-state index in [9.17, 15) is 4.79 Å². The Balaban J connectivity index is 2.48. The molecule has 1 aromatic carbocycles. The van der Waals surface area contributed by atoms with Gasteiger partial charge in [0.15, 0.2) is 0 Å². The molecule has 0 unspecified atom stereocenters. The number of nitrogens with one attached hydrogen (secondary N) is 1. The van der Waals surface area contributed by atoms with Gasteiger partial charge in [-0.1, -0.05) is 19.1 Å². The van der Waals surface area contributed by atoms with Crippen LogP contribution in [0.3, 0.4) is 0 Å². The van der Waals surface area contributed by atoms with Gasteiger partial charge in [0.05, 0.1) is 11.1 Å². The molecule has 0 saturated heterocycles. The second-order valence-corrected chi connectivity index (χ2v) is 4.82. The minimum Gasteiger partial charge on any atom is -0.366 e. The zero-order chi connectivity index (χ0) is 11.5. The minimum atomic E-state index is -0.387. The van der Waals surface area contributed by atoms with E-state index in [0.717, 1.165) is 22.4 Å². The van der Waals surface area contributed by atoms with Crippen molar-refractivity contribution in [3.63, 3.8) is 0 Å². The Kier molecular flexibility index (Phi) is 3.19. The van der Waals surface area contributed by atoms with E-state index >= 15 is 0 Å². The predicted octanol–water partition coefficient (Wildman–Crippen LogP) is 2.52. The lowest BCUT2D eigenvalue weighted by molar-refractivity contribution is 0.100. The number of rotatable bonds is 4. The molecule has 3 nitrogen and oxygen atoms in total. The van der Waals surface area contributed by atoms with Crippen molar-refractivity contribution in [3.05, 3.63) is 35.5 Å². The quantitative estimate of drug-likeness (QED) is 0.854. The van der Waals surface area contributed by atoms with Crippen molar-refractivity contribution >= 4 is 28.6 Å². The number of thioether (sulfide) groups is 1. The number of amides is 1. The molecule has 0 bridgehead atoms. The highest BCUT2D eigenvalue weighted by Crippen LogP contribution is 2.24. The molecule has 0 radical (unpaired) electrons. The summed E-state index contributed by atoms with van der Waals surface area (Å²) in [7, 11) is 0. The number of para-hydroxylation sites is 1. The van der Waals surface area contributed by atoms with Crippen LogP contribution in [0, 0.1) is 0 Å². The first-order valence-corrected chi connectivity index (χ1v) is 6.36. The normalized spacial score (nSPS) is 10.8. The molecule has 0 aliphatic carbocycles. The lowest BCUT2D eigenvalue weighted by Crippen LogP contribution is -2.11. The third kappa shape index (κ3) is 1.93. The molecular formula is C12H14N2OS. The molecule has 16 heavy (non-hydrogen) atoms. The van der Waals surface area contributed by atoms with Crippen LogP contribution >= 0.6 is 11.8 Å². The van der Waals surface area contributed by atoms with Crippen LogP contribution in [-0.4, -0.2) is 16.6 Å². The summed E-state index contributed by atoms with van der Waals surface area (Å²) >= 11 is 1.86. The molecule has 1 heterocycles. The number of carbonyl (C=O) groups is 1. The van der Waals surface area contributed by atoms with Gasteiger partial charge in [0, 0.05) is 17.3 Å². The molecule has 0 aliphatic heterocycles. The van der Waals surface area contributed by atoms with Crippen molar-refractivity contribution in [2.24, 2.45) is 5.73 Å². The van der Waals surface area contributed by atoms with Gasteiger partial charge in [0.2, 0.25) is 0 Å². The van der Waals surface area contributed by atoms with Gasteiger partial charge in [-0.25, -0.2) is 0 Å². The first kappa shape index (κ1) is 11.1. The summed E-state index contributed by atoms with van der Waals surface area (Å²) < 4.78 is 0. The second kappa shape index (κ2) is 4.61. The third-order valence-corrected chi connectivity index (χ3v) is 3.45. The molecule has 0 saturated carbocycles. The van der Waals surface area contributed by atoms with Crippen molar-refractivity contribution in [2.45, 2.75) is 12.7 Å². The predicted molar refractivity (Wildman–Crippen MR) is 68.7 cm³/mol. The number of aromatic amines is 1. The van der Waals surface area contributed by atoms with Crippen LogP contribution in [0.15, 0.2) is 24.4 Å². The monoisotopic (exact) mass is 234 g/mol. The maximum absolute atomic E-state index is 11.2. The highest BCUT2D eigenvalue weighted by atomic mass is 32.2. The van der Waals surface area contributed by atoms with Crippen LogP contribution in [0.2, 0.25) is 0 Å². The highest BCUT2D eigenvalue weighted by molar-refractivity contribution is 7.98. The third-order valence-electron chi connectivity index (χ3n) is 2.53. The number of primary amides is 1. The summed E-state index contributed by atoms with van der Waals surface area (Å²) in [6.45, 7) is 2.13. The number of hydrogen-bond donors (Lipinski definition) is 2. The Morgan fingerprint density at radius 2 is 2.31 bits per heavy atom. The van der Waals surface area contributed by atoms with Crippen LogP contribution in [0.25, 0.3) is 10.9 Å². The van der Waals surface area contributed by atoms with E-state index in [1.54, 1.807) is 6.07 Å². The van der Waals surface area contributed by atoms with Gasteiger partial charge in [0.25, 0.3) is 5.91 Å². The Morgan fingerprint density at radius 1 is 1.50 bits per heavy atom. The summed E-state index contributed by atoms with van der Waals surface area (Å²) in [4.78, 5) is 14.4. The number of H-pyrrole nitrogens is 1. The Morgan fingerprint density at radius 3 is 3.00 bits per heavy atom. The molecule has 0 spiro atoms. The first-order valence-electron chi connectivity index (χ1n) is 5.20. The number of benzene rings is 1. The molecule has 2 rings (SSSR count). The van der Waals surface area contributed by atoms with Gasteiger partial charge in [-0.05, 0) is 17.4 Å². The SMILES string of the molecule is CCSCc1c[nH]c2c(C(N)=O)cccc12. The van der Waals surface area contributed by atoms with E-state index in [4.69, 9.17) is 5.73 Å². The fourth-order valence-corrected chi connectivity index (χ4v) is 2.41. The zero-order valence-electron chi connectivity index (χ0n) is 9.12. The average molecular weight is 234 g/mol. The van der Waals surface area contributed by atoms with E-state index < -0.39 is 0 Å². The lowest BCUT2D eigenvalue weighted by atomic mass is 10.1. The molecular weight excluding hydrogens is 220 g/mol. The molecule has 1 aromatic heterocycles. The molecule has 0 aliphatic rings. The number of nitrogens with two attached hydrogens (primary N) is 1. The van der Waals surface area contributed by atoms with E-state index in [-0.39, 0.29) is 5.91 Å². The molecule has 0 fully saturated rings. The minimum absolute atomic E-state index is 0.387. The Labute approximate surface area is 98.4 Å². The number of hydrogen-bond acceptors (Lipinski definition) is 2. The zero-order valence-corrected chi connectivity index (χ0v) is 9.93. The maximum atomic E-state index is 11.2. The lowest BCUT2D eigenvalue weighted by Gasteiger charge is -2.00. The highest BCUT2D eigenvalue weighted by Gasteiger charge is 2.10. The number of aromatic nitrogens is 1. The van der Waals surface area contributed by atoms with Crippen LogP contribution in [0.1, 0.15) is 22.8 Å². The van der Waals surface area contributed by atoms with E-state index in [1.165, 1.54) is 5.56 Å². The van der Waals surface area contributed by atoms with Gasteiger partial charge in [0.1, 0.15) is 0 Å². The molecule has 1 amide bonds. The van der Waals surface area contributed by atoms with Crippen molar-refractivity contribution in [3.8, 4) is 0 Å². The fourth-order valence-electron chi connectivity index (χ4n) is 1.75. The van der Waals surface area contributed by atoms with Crippen molar-refractivity contribution < 1.29 is 4.79 Å². The second-order valence-electron chi connectivity index (χ2n) is 3.54. The molecule has 0 atom stereocenters. The van der Waals surface area contributed by atoms with Crippen LogP contribution in [0.4, 0.5) is 0 Å². The maximum Gasteiger partial charge on any atom is 0.250 e. The Hall–Kier alpha value is -1.42. The number of fused-ring (bicyclic) bond motifs is 1. The summed E-state index contributed by atoms with van der Waals surface area (Å²) in [6, 6.07) is 5.64. The van der Waals surface area contributed by atoms with Gasteiger partial charge >= 0.3 is 0 Å². The first-order chi connectivity index (χ1) is 7.74. The molecule has 84 valence electrons. The van der Waals surface area contributed by atoms with Gasteiger partial charge in [-0.15, -0.1) is 0 Å². The molecule has 2 aromatic rings.